The first kappa shape index (κ1) is 14.9. The fraction of sp³-hybridized carbons (Fsp3) is 0.467. The van der Waals surface area contributed by atoms with E-state index in [1.807, 2.05) is 0 Å². The summed E-state index contributed by atoms with van der Waals surface area (Å²) < 4.78 is 4.40. The van der Waals surface area contributed by atoms with Crippen molar-refractivity contribution in [2.45, 2.75) is 32.6 Å². The van der Waals surface area contributed by atoms with E-state index in [-0.39, 0.29) is 0 Å². The van der Waals surface area contributed by atoms with Gasteiger partial charge in [0.25, 0.3) is 0 Å². The SMILES string of the molecule is Cc1ccc(Cc2nsc(NCCCCCN)n2)cc1. The molecule has 0 aliphatic carbocycles. The van der Waals surface area contributed by atoms with Gasteiger partial charge < -0.3 is 11.1 Å². The van der Waals surface area contributed by atoms with Crippen molar-refractivity contribution in [1.82, 2.24) is 9.36 Å². The van der Waals surface area contributed by atoms with Crippen molar-refractivity contribution >= 4 is 16.7 Å². The van der Waals surface area contributed by atoms with E-state index in [4.69, 9.17) is 5.73 Å². The van der Waals surface area contributed by atoms with Crippen LogP contribution in [0.5, 0.6) is 0 Å². The lowest BCUT2D eigenvalue weighted by atomic mass is 10.1. The Labute approximate surface area is 124 Å². The summed E-state index contributed by atoms with van der Waals surface area (Å²) in [5.41, 5.74) is 8.00. The number of nitrogens with zero attached hydrogens (tertiary/aromatic N) is 2. The molecular formula is C15H22N4S. The van der Waals surface area contributed by atoms with E-state index >= 15 is 0 Å². The Kier molecular flexibility index (Phi) is 5.95. The molecule has 0 aliphatic rings. The molecule has 0 spiro atoms. The van der Waals surface area contributed by atoms with Gasteiger partial charge in [-0.05, 0) is 31.9 Å². The molecule has 0 aliphatic heterocycles. The normalized spacial score (nSPS) is 10.7. The van der Waals surface area contributed by atoms with E-state index < -0.39 is 0 Å². The lowest BCUT2D eigenvalue weighted by Crippen LogP contribution is -2.03. The van der Waals surface area contributed by atoms with Crippen molar-refractivity contribution < 1.29 is 0 Å². The predicted molar refractivity (Wildman–Crippen MR) is 85.3 cm³/mol. The minimum Gasteiger partial charge on any atom is -0.360 e. The summed E-state index contributed by atoms with van der Waals surface area (Å²) in [6.45, 7) is 3.82. The first-order chi connectivity index (χ1) is 9.78. The highest BCUT2D eigenvalue weighted by Gasteiger charge is 2.04. The highest BCUT2D eigenvalue weighted by atomic mass is 32.1. The molecule has 0 unspecified atom stereocenters. The van der Waals surface area contributed by atoms with E-state index in [0.29, 0.717) is 0 Å². The molecule has 20 heavy (non-hydrogen) atoms. The van der Waals surface area contributed by atoms with Gasteiger partial charge in [0, 0.05) is 24.5 Å². The smallest absolute Gasteiger partial charge is 0.202 e. The van der Waals surface area contributed by atoms with Crippen LogP contribution in [0.15, 0.2) is 24.3 Å². The molecule has 5 heteroatoms. The number of hydrogen-bond acceptors (Lipinski definition) is 5. The Hall–Kier alpha value is -1.46. The van der Waals surface area contributed by atoms with Crippen LogP contribution in [-0.2, 0) is 6.42 Å². The van der Waals surface area contributed by atoms with Crippen LogP contribution in [0.3, 0.4) is 0 Å². The summed E-state index contributed by atoms with van der Waals surface area (Å²) in [6.07, 6.45) is 4.19. The number of hydrogen-bond donors (Lipinski definition) is 2. The fourth-order valence-corrected chi connectivity index (χ4v) is 2.54. The standard InChI is InChI=1S/C15H22N4S/c1-12-5-7-13(8-6-12)11-14-18-15(20-19-14)17-10-4-2-3-9-16/h5-8H,2-4,9-11,16H2,1H3,(H,17,18,19). The molecule has 108 valence electrons. The van der Waals surface area contributed by atoms with Crippen molar-refractivity contribution in [2.24, 2.45) is 5.73 Å². The molecule has 0 radical (unpaired) electrons. The van der Waals surface area contributed by atoms with Crippen LogP contribution in [0.1, 0.15) is 36.2 Å². The van der Waals surface area contributed by atoms with Crippen LogP contribution in [0.2, 0.25) is 0 Å². The number of aromatic nitrogens is 2. The molecule has 1 heterocycles. The minimum absolute atomic E-state index is 0.777. The van der Waals surface area contributed by atoms with Crippen molar-refractivity contribution in [3.63, 3.8) is 0 Å². The molecular weight excluding hydrogens is 268 g/mol. The maximum absolute atomic E-state index is 5.47. The fourth-order valence-electron chi connectivity index (χ4n) is 1.93. The third kappa shape index (κ3) is 4.90. The van der Waals surface area contributed by atoms with Gasteiger partial charge in [-0.1, -0.05) is 36.2 Å². The average Bonchev–Trinajstić information content (AvgIpc) is 2.89. The summed E-state index contributed by atoms with van der Waals surface area (Å²) in [5, 5.41) is 4.24. The van der Waals surface area contributed by atoms with E-state index in [0.717, 1.165) is 43.3 Å². The Morgan fingerprint density at radius 1 is 1.15 bits per heavy atom. The van der Waals surface area contributed by atoms with Crippen LogP contribution >= 0.6 is 11.5 Å². The van der Waals surface area contributed by atoms with E-state index in [1.165, 1.54) is 29.1 Å². The van der Waals surface area contributed by atoms with Gasteiger partial charge in [0.2, 0.25) is 5.13 Å². The van der Waals surface area contributed by atoms with Gasteiger partial charge in [0.15, 0.2) is 0 Å². The Bertz CT molecular complexity index is 507. The highest BCUT2D eigenvalue weighted by Crippen LogP contribution is 2.14. The zero-order chi connectivity index (χ0) is 14.2. The highest BCUT2D eigenvalue weighted by molar-refractivity contribution is 7.09. The number of unbranched alkanes of at least 4 members (excludes halogenated alkanes) is 2. The molecule has 1 aromatic heterocycles. The molecule has 1 aromatic carbocycles. The van der Waals surface area contributed by atoms with Crippen molar-refractivity contribution in [2.75, 3.05) is 18.4 Å². The van der Waals surface area contributed by atoms with Crippen LogP contribution in [-0.4, -0.2) is 22.4 Å². The summed E-state index contributed by atoms with van der Waals surface area (Å²) in [4.78, 5) is 4.52. The van der Waals surface area contributed by atoms with E-state index in [2.05, 4.69) is 45.9 Å². The van der Waals surface area contributed by atoms with Crippen LogP contribution in [0.25, 0.3) is 0 Å². The minimum atomic E-state index is 0.777. The number of nitrogens with two attached hydrogens (primary N) is 1. The number of aryl methyl sites for hydroxylation is 1. The van der Waals surface area contributed by atoms with Crippen LogP contribution in [0, 0.1) is 6.92 Å². The maximum atomic E-state index is 5.47. The lowest BCUT2D eigenvalue weighted by Gasteiger charge is -2.01. The third-order valence-electron chi connectivity index (χ3n) is 3.11. The topological polar surface area (TPSA) is 63.8 Å². The van der Waals surface area contributed by atoms with Gasteiger partial charge in [-0.25, -0.2) is 4.98 Å². The van der Waals surface area contributed by atoms with Crippen LogP contribution < -0.4 is 11.1 Å². The molecule has 0 atom stereocenters. The second-order valence-electron chi connectivity index (χ2n) is 4.95. The first-order valence-electron chi connectivity index (χ1n) is 7.10. The third-order valence-corrected chi connectivity index (χ3v) is 3.82. The van der Waals surface area contributed by atoms with Gasteiger partial charge in [0.05, 0.1) is 0 Å². The Balaban J connectivity index is 1.78. The largest absolute Gasteiger partial charge is 0.360 e. The number of nitrogens with one attached hydrogen (secondary N) is 1. The number of benzene rings is 1. The van der Waals surface area contributed by atoms with Crippen LogP contribution in [0.4, 0.5) is 5.13 Å². The molecule has 0 saturated heterocycles. The van der Waals surface area contributed by atoms with Gasteiger partial charge in [-0.2, -0.15) is 4.37 Å². The summed E-state index contributed by atoms with van der Waals surface area (Å²) in [5.74, 6) is 0.892. The molecule has 0 amide bonds. The second kappa shape index (κ2) is 7.97. The predicted octanol–water partition coefficient (Wildman–Crippen LogP) is 2.98. The van der Waals surface area contributed by atoms with Gasteiger partial charge >= 0.3 is 0 Å². The lowest BCUT2D eigenvalue weighted by molar-refractivity contribution is 0.707. The molecule has 0 saturated carbocycles. The molecule has 0 fully saturated rings. The van der Waals surface area contributed by atoms with E-state index in [9.17, 15) is 0 Å². The Morgan fingerprint density at radius 2 is 1.95 bits per heavy atom. The number of rotatable bonds is 8. The maximum Gasteiger partial charge on any atom is 0.202 e. The monoisotopic (exact) mass is 290 g/mol. The van der Waals surface area contributed by atoms with Gasteiger partial charge in [-0.3, -0.25) is 0 Å². The van der Waals surface area contributed by atoms with Crippen molar-refractivity contribution in [3.05, 3.63) is 41.2 Å². The summed E-state index contributed by atoms with van der Waals surface area (Å²) in [7, 11) is 0. The van der Waals surface area contributed by atoms with Gasteiger partial charge in [0.1, 0.15) is 5.82 Å². The molecule has 4 nitrogen and oxygen atoms in total. The molecule has 0 bridgehead atoms. The zero-order valence-electron chi connectivity index (χ0n) is 11.9. The average molecular weight is 290 g/mol. The Morgan fingerprint density at radius 3 is 2.70 bits per heavy atom. The first-order valence-corrected chi connectivity index (χ1v) is 7.87. The van der Waals surface area contributed by atoms with Crippen molar-refractivity contribution in [3.8, 4) is 0 Å². The quantitative estimate of drug-likeness (QED) is 0.734. The molecule has 2 rings (SSSR count). The van der Waals surface area contributed by atoms with Gasteiger partial charge in [-0.15, -0.1) is 0 Å². The second-order valence-corrected chi connectivity index (χ2v) is 5.71. The van der Waals surface area contributed by atoms with Crippen molar-refractivity contribution in [1.29, 1.82) is 0 Å². The summed E-state index contributed by atoms with van der Waals surface area (Å²) >= 11 is 1.44. The molecule has 2 aromatic rings. The van der Waals surface area contributed by atoms with E-state index in [1.54, 1.807) is 0 Å². The summed E-state index contributed by atoms with van der Waals surface area (Å²) in [6, 6.07) is 8.52. The molecule has 3 N–H and O–H groups in total. The number of anilines is 1. The zero-order valence-corrected chi connectivity index (χ0v) is 12.7.